The Bertz CT molecular complexity index is 1060. The minimum atomic E-state index is -0.486. The van der Waals surface area contributed by atoms with Gasteiger partial charge in [0, 0.05) is 11.1 Å². The fourth-order valence-corrected chi connectivity index (χ4v) is 3.67. The fraction of sp³-hybridized carbons (Fsp3) is 0.167. The second kappa shape index (κ2) is 9.47. The highest BCUT2D eigenvalue weighted by molar-refractivity contribution is 5.97. The summed E-state index contributed by atoms with van der Waals surface area (Å²) in [6.45, 7) is 0. The van der Waals surface area contributed by atoms with Gasteiger partial charge in [0.25, 0.3) is 0 Å². The maximum atomic E-state index is 15.1. The van der Waals surface area contributed by atoms with E-state index in [1.807, 2.05) is 0 Å². The Morgan fingerprint density at radius 2 is 1.00 bits per heavy atom. The monoisotopic (exact) mass is 424 g/mol. The zero-order valence-corrected chi connectivity index (χ0v) is 16.8. The predicted octanol–water partition coefficient (Wildman–Crippen LogP) is 4.24. The van der Waals surface area contributed by atoms with Crippen LogP contribution in [-0.4, -0.2) is 11.7 Å². The summed E-state index contributed by atoms with van der Waals surface area (Å²) in [6, 6.07) is 13.6. The van der Waals surface area contributed by atoms with E-state index in [4.69, 9.17) is 22.3 Å². The van der Waals surface area contributed by atoms with Crippen molar-refractivity contribution in [3.05, 3.63) is 105 Å². The molecule has 3 rings (SSSR count). The maximum Gasteiger partial charge on any atom is 0.129 e. The van der Waals surface area contributed by atoms with Gasteiger partial charge in [0.05, 0.1) is 0 Å². The smallest absolute Gasteiger partial charge is 0.129 e. The summed E-state index contributed by atoms with van der Waals surface area (Å²) < 4.78 is 43.5. The highest BCUT2D eigenvalue weighted by Crippen LogP contribution is 2.22. The first-order valence-electron chi connectivity index (χ1n) is 9.79. The molecule has 7 heteroatoms. The van der Waals surface area contributed by atoms with Crippen molar-refractivity contribution in [2.45, 2.75) is 25.7 Å². The number of nitrogens with two attached hydrogens (primary N) is 2. The van der Waals surface area contributed by atoms with Gasteiger partial charge in [0.1, 0.15) is 29.1 Å². The lowest BCUT2D eigenvalue weighted by atomic mass is 9.95. The van der Waals surface area contributed by atoms with Gasteiger partial charge in [0.2, 0.25) is 0 Å². The van der Waals surface area contributed by atoms with Gasteiger partial charge in [-0.15, -0.1) is 0 Å². The van der Waals surface area contributed by atoms with Crippen molar-refractivity contribution < 1.29 is 13.2 Å². The SMILES string of the molecule is N=C(N)c1cccc(F)c1CCc1cccc(CCc2c(F)cccc2C(=N)N)c1F. The molecule has 0 atom stereocenters. The van der Waals surface area contributed by atoms with Crippen molar-refractivity contribution >= 4 is 11.7 Å². The van der Waals surface area contributed by atoms with Crippen LogP contribution in [0.25, 0.3) is 0 Å². The van der Waals surface area contributed by atoms with Crippen LogP contribution in [0.5, 0.6) is 0 Å². The van der Waals surface area contributed by atoms with Crippen LogP contribution in [0.4, 0.5) is 13.2 Å². The molecule has 0 spiro atoms. The molecular formula is C24H23F3N4. The van der Waals surface area contributed by atoms with Crippen LogP contribution in [0.2, 0.25) is 0 Å². The number of hydrogen-bond donors (Lipinski definition) is 4. The van der Waals surface area contributed by atoms with E-state index in [1.54, 1.807) is 30.3 Å². The summed E-state index contributed by atoms with van der Waals surface area (Å²) >= 11 is 0. The molecule has 0 unspecified atom stereocenters. The Balaban J connectivity index is 1.80. The third-order valence-corrected chi connectivity index (χ3v) is 5.27. The molecule has 0 aliphatic rings. The summed E-state index contributed by atoms with van der Waals surface area (Å²) in [5, 5.41) is 15.2. The van der Waals surface area contributed by atoms with Crippen molar-refractivity contribution in [2.24, 2.45) is 11.5 Å². The van der Waals surface area contributed by atoms with E-state index >= 15 is 4.39 Å². The molecule has 160 valence electrons. The quantitative estimate of drug-likeness (QED) is 0.321. The van der Waals surface area contributed by atoms with Crippen molar-refractivity contribution in [2.75, 3.05) is 0 Å². The standard InChI is InChI=1S/C24H23F3N4/c25-20-8-2-6-18(23(28)29)16(20)12-10-14-4-1-5-15(22(14)27)11-13-17-19(24(30)31)7-3-9-21(17)26/h1-9H,10-13H2,(H3,28,29)(H3,30,31). The molecule has 0 saturated carbocycles. The van der Waals surface area contributed by atoms with Crippen molar-refractivity contribution in [1.29, 1.82) is 10.8 Å². The number of amidine groups is 2. The van der Waals surface area contributed by atoms with Gasteiger partial charge in [-0.2, -0.15) is 0 Å². The second-order valence-electron chi connectivity index (χ2n) is 7.25. The lowest BCUT2D eigenvalue weighted by molar-refractivity contribution is 0.579. The number of aryl methyl sites for hydroxylation is 2. The van der Waals surface area contributed by atoms with Gasteiger partial charge in [-0.1, -0.05) is 42.5 Å². The first-order chi connectivity index (χ1) is 14.8. The Morgan fingerprint density at radius 1 is 0.613 bits per heavy atom. The molecule has 0 saturated heterocycles. The molecular weight excluding hydrogens is 401 g/mol. The van der Waals surface area contributed by atoms with Gasteiger partial charge in [-0.05, 0) is 60.1 Å². The van der Waals surface area contributed by atoms with E-state index < -0.39 is 17.5 Å². The van der Waals surface area contributed by atoms with Crippen LogP contribution in [0.3, 0.4) is 0 Å². The first kappa shape index (κ1) is 22.1. The van der Waals surface area contributed by atoms with Crippen LogP contribution < -0.4 is 11.5 Å². The zero-order valence-electron chi connectivity index (χ0n) is 16.8. The number of nitrogen functional groups attached to an aromatic ring is 2. The van der Waals surface area contributed by atoms with Crippen LogP contribution >= 0.6 is 0 Å². The number of hydrogen-bond acceptors (Lipinski definition) is 2. The predicted molar refractivity (Wildman–Crippen MR) is 116 cm³/mol. The van der Waals surface area contributed by atoms with Crippen molar-refractivity contribution in [3.63, 3.8) is 0 Å². The van der Waals surface area contributed by atoms with Crippen LogP contribution in [0.15, 0.2) is 54.6 Å². The van der Waals surface area contributed by atoms with Gasteiger partial charge in [0.15, 0.2) is 0 Å². The lowest BCUT2D eigenvalue weighted by Crippen LogP contribution is -2.16. The van der Waals surface area contributed by atoms with E-state index in [9.17, 15) is 8.78 Å². The maximum absolute atomic E-state index is 15.1. The lowest BCUT2D eigenvalue weighted by Gasteiger charge is -2.13. The Labute approximate surface area is 178 Å². The van der Waals surface area contributed by atoms with Gasteiger partial charge < -0.3 is 11.5 Å². The molecule has 31 heavy (non-hydrogen) atoms. The third-order valence-electron chi connectivity index (χ3n) is 5.27. The molecule has 3 aromatic carbocycles. The molecule has 0 aliphatic carbocycles. The molecule has 0 aliphatic heterocycles. The summed E-state index contributed by atoms with van der Waals surface area (Å²) in [5.74, 6) is -1.88. The molecule has 4 nitrogen and oxygen atoms in total. The van der Waals surface area contributed by atoms with E-state index in [-0.39, 0.29) is 48.5 Å². The normalized spacial score (nSPS) is 10.8. The second-order valence-corrected chi connectivity index (χ2v) is 7.25. The van der Waals surface area contributed by atoms with Crippen molar-refractivity contribution in [1.82, 2.24) is 0 Å². The average Bonchev–Trinajstić information content (AvgIpc) is 2.73. The van der Waals surface area contributed by atoms with Crippen LogP contribution in [0.1, 0.15) is 33.4 Å². The van der Waals surface area contributed by atoms with Gasteiger partial charge >= 0.3 is 0 Å². The molecule has 0 fully saturated rings. The Hall–Kier alpha value is -3.61. The van der Waals surface area contributed by atoms with Gasteiger partial charge in [-0.3, -0.25) is 10.8 Å². The molecule has 3 aromatic rings. The largest absolute Gasteiger partial charge is 0.384 e. The van der Waals surface area contributed by atoms with E-state index in [1.165, 1.54) is 24.3 Å². The number of halogens is 3. The highest BCUT2D eigenvalue weighted by atomic mass is 19.1. The third kappa shape index (κ3) is 4.94. The first-order valence-corrected chi connectivity index (χ1v) is 9.79. The molecule has 0 bridgehead atoms. The summed E-state index contributed by atoms with van der Waals surface area (Å²) in [5.41, 5.74) is 13.0. The molecule has 0 amide bonds. The Morgan fingerprint density at radius 3 is 1.39 bits per heavy atom. The van der Waals surface area contributed by atoms with Gasteiger partial charge in [-0.25, -0.2) is 13.2 Å². The summed E-state index contributed by atoms with van der Waals surface area (Å²) in [4.78, 5) is 0. The van der Waals surface area contributed by atoms with Crippen LogP contribution in [0, 0.1) is 28.3 Å². The van der Waals surface area contributed by atoms with E-state index in [2.05, 4.69) is 0 Å². The van der Waals surface area contributed by atoms with E-state index in [0.29, 0.717) is 22.3 Å². The minimum absolute atomic E-state index is 0.184. The number of nitrogens with one attached hydrogen (secondary N) is 2. The van der Waals surface area contributed by atoms with Crippen molar-refractivity contribution in [3.8, 4) is 0 Å². The van der Waals surface area contributed by atoms with E-state index in [0.717, 1.165) is 0 Å². The number of rotatable bonds is 8. The van der Waals surface area contributed by atoms with Crippen LogP contribution in [-0.2, 0) is 25.7 Å². The Kier molecular flexibility index (Phi) is 6.74. The zero-order chi connectivity index (χ0) is 22.5. The average molecular weight is 424 g/mol. The molecule has 0 aromatic heterocycles. The molecule has 0 radical (unpaired) electrons. The minimum Gasteiger partial charge on any atom is -0.384 e. The molecule has 0 heterocycles. The topological polar surface area (TPSA) is 99.7 Å². The fourth-order valence-electron chi connectivity index (χ4n) is 3.67. The highest BCUT2D eigenvalue weighted by Gasteiger charge is 2.15. The summed E-state index contributed by atoms with van der Waals surface area (Å²) in [6.07, 6.45) is 0.812. The number of benzene rings is 3. The molecule has 6 N–H and O–H groups in total. The summed E-state index contributed by atoms with van der Waals surface area (Å²) in [7, 11) is 0.